The monoisotopic (exact) mass is 166 g/mol. The normalized spacial score (nSPS) is 30.2. The largest absolute Gasteiger partial charge is 0.0999 e. The van der Waals surface area contributed by atoms with Crippen molar-refractivity contribution in [3.63, 3.8) is 0 Å². The van der Waals surface area contributed by atoms with Crippen LogP contribution in [-0.2, 0) is 0 Å². The van der Waals surface area contributed by atoms with Gasteiger partial charge in [-0.25, -0.2) is 0 Å². The Labute approximate surface area is 77.1 Å². The number of allylic oxidation sites excluding steroid dienone is 1. The van der Waals surface area contributed by atoms with E-state index in [4.69, 9.17) is 0 Å². The fraction of sp³-hybridized carbons (Fsp3) is 0.833. The Morgan fingerprint density at radius 1 is 1.33 bits per heavy atom. The highest BCUT2D eigenvalue weighted by Gasteiger charge is 2.24. The highest BCUT2D eigenvalue weighted by Crippen LogP contribution is 2.36. The van der Waals surface area contributed by atoms with Crippen LogP contribution < -0.4 is 0 Å². The lowest BCUT2D eigenvalue weighted by Crippen LogP contribution is -2.19. The summed E-state index contributed by atoms with van der Waals surface area (Å²) in [5.41, 5.74) is 1.42. The molecule has 0 spiro atoms. The van der Waals surface area contributed by atoms with E-state index in [1.54, 1.807) is 0 Å². The molecule has 1 aliphatic rings. The average molecular weight is 166 g/mol. The molecule has 0 bridgehead atoms. The smallest absolute Gasteiger partial charge is 0.0180 e. The molecule has 0 aromatic heterocycles. The lowest BCUT2D eigenvalue weighted by Gasteiger charge is -2.31. The van der Waals surface area contributed by atoms with Gasteiger partial charge in [0.2, 0.25) is 0 Å². The molecule has 2 unspecified atom stereocenters. The van der Waals surface area contributed by atoms with E-state index in [-0.39, 0.29) is 0 Å². The highest BCUT2D eigenvalue weighted by atomic mass is 14.3. The molecule has 0 N–H and O–H groups in total. The predicted octanol–water partition coefficient (Wildman–Crippen LogP) is 4.17. The molecule has 12 heavy (non-hydrogen) atoms. The van der Waals surface area contributed by atoms with Crippen LogP contribution in [-0.4, -0.2) is 0 Å². The molecule has 70 valence electrons. The first kappa shape index (κ1) is 9.83. The maximum absolute atomic E-state index is 4.11. The Balaban J connectivity index is 2.48. The summed E-state index contributed by atoms with van der Waals surface area (Å²) in [7, 11) is 0. The standard InChI is InChI=1S/C12H22/c1-4-7-11-8-5-6-9-12(11)10(2)3/h11-12H,2,4-9H2,1,3H3. The molecule has 0 aliphatic heterocycles. The molecule has 1 aliphatic carbocycles. The summed E-state index contributed by atoms with van der Waals surface area (Å²) < 4.78 is 0. The van der Waals surface area contributed by atoms with Gasteiger partial charge in [-0.05, 0) is 31.6 Å². The second-order valence-corrected chi connectivity index (χ2v) is 4.29. The maximum Gasteiger partial charge on any atom is -0.0180 e. The van der Waals surface area contributed by atoms with Crippen LogP contribution in [0.25, 0.3) is 0 Å². The van der Waals surface area contributed by atoms with Gasteiger partial charge in [-0.3, -0.25) is 0 Å². The molecule has 1 rings (SSSR count). The van der Waals surface area contributed by atoms with Crippen molar-refractivity contribution in [1.82, 2.24) is 0 Å². The highest BCUT2D eigenvalue weighted by molar-refractivity contribution is 5.00. The summed E-state index contributed by atoms with van der Waals surface area (Å²) in [5, 5.41) is 0. The average Bonchev–Trinajstić information content (AvgIpc) is 2.05. The van der Waals surface area contributed by atoms with E-state index in [2.05, 4.69) is 20.4 Å². The SMILES string of the molecule is C=C(C)C1CCCCC1CCC. The second-order valence-electron chi connectivity index (χ2n) is 4.29. The first-order chi connectivity index (χ1) is 5.75. The zero-order valence-corrected chi connectivity index (χ0v) is 8.60. The van der Waals surface area contributed by atoms with Crippen molar-refractivity contribution in [2.45, 2.75) is 52.4 Å². The van der Waals surface area contributed by atoms with E-state index in [0.717, 1.165) is 11.8 Å². The number of rotatable bonds is 3. The Kier molecular flexibility index (Phi) is 3.84. The number of hydrogen-bond acceptors (Lipinski definition) is 0. The molecule has 1 fully saturated rings. The summed E-state index contributed by atoms with van der Waals surface area (Å²) in [4.78, 5) is 0. The van der Waals surface area contributed by atoms with Crippen molar-refractivity contribution in [3.8, 4) is 0 Å². The summed E-state index contributed by atoms with van der Waals surface area (Å²) >= 11 is 0. The van der Waals surface area contributed by atoms with Crippen LogP contribution in [0.15, 0.2) is 12.2 Å². The van der Waals surface area contributed by atoms with Crippen molar-refractivity contribution in [3.05, 3.63) is 12.2 Å². The molecule has 0 heterocycles. The molecule has 0 saturated heterocycles. The fourth-order valence-electron chi connectivity index (χ4n) is 2.57. The summed E-state index contributed by atoms with van der Waals surface area (Å²) in [6.45, 7) is 8.61. The predicted molar refractivity (Wildman–Crippen MR) is 55.2 cm³/mol. The molecule has 2 atom stereocenters. The van der Waals surface area contributed by atoms with Crippen molar-refractivity contribution in [2.75, 3.05) is 0 Å². The molecule has 0 heteroatoms. The third-order valence-electron chi connectivity index (χ3n) is 3.20. The van der Waals surface area contributed by atoms with Gasteiger partial charge in [0.05, 0.1) is 0 Å². The van der Waals surface area contributed by atoms with Gasteiger partial charge in [0.25, 0.3) is 0 Å². The van der Waals surface area contributed by atoms with Crippen LogP contribution in [0.4, 0.5) is 0 Å². The molecule has 0 amide bonds. The van der Waals surface area contributed by atoms with Gasteiger partial charge in [0.15, 0.2) is 0 Å². The summed E-state index contributed by atoms with van der Waals surface area (Å²) in [6, 6.07) is 0. The second kappa shape index (κ2) is 4.69. The Hall–Kier alpha value is -0.260. The van der Waals surface area contributed by atoms with Crippen LogP contribution in [0.2, 0.25) is 0 Å². The minimum Gasteiger partial charge on any atom is -0.0999 e. The lowest BCUT2D eigenvalue weighted by atomic mass is 9.74. The van der Waals surface area contributed by atoms with Crippen LogP contribution in [0.1, 0.15) is 52.4 Å². The van der Waals surface area contributed by atoms with Gasteiger partial charge < -0.3 is 0 Å². The third kappa shape index (κ3) is 2.36. The first-order valence-electron chi connectivity index (χ1n) is 5.41. The topological polar surface area (TPSA) is 0 Å². The molecule has 0 radical (unpaired) electrons. The van der Waals surface area contributed by atoms with E-state index in [1.807, 2.05) is 0 Å². The van der Waals surface area contributed by atoms with Crippen LogP contribution in [0.5, 0.6) is 0 Å². The van der Waals surface area contributed by atoms with Gasteiger partial charge >= 0.3 is 0 Å². The van der Waals surface area contributed by atoms with Crippen molar-refractivity contribution in [1.29, 1.82) is 0 Å². The zero-order valence-electron chi connectivity index (χ0n) is 8.60. The van der Waals surface area contributed by atoms with Crippen LogP contribution in [0.3, 0.4) is 0 Å². The first-order valence-corrected chi connectivity index (χ1v) is 5.41. The van der Waals surface area contributed by atoms with Crippen molar-refractivity contribution in [2.24, 2.45) is 11.8 Å². The molecular formula is C12H22. The Bertz CT molecular complexity index is 144. The molecule has 0 aromatic carbocycles. The third-order valence-corrected chi connectivity index (χ3v) is 3.20. The van der Waals surface area contributed by atoms with Crippen LogP contribution >= 0.6 is 0 Å². The number of hydrogen-bond donors (Lipinski definition) is 0. The Morgan fingerprint density at radius 2 is 2.00 bits per heavy atom. The quantitative estimate of drug-likeness (QED) is 0.552. The van der Waals surface area contributed by atoms with E-state index < -0.39 is 0 Å². The Morgan fingerprint density at radius 3 is 2.58 bits per heavy atom. The minimum atomic E-state index is 0.846. The van der Waals surface area contributed by atoms with E-state index in [0.29, 0.717) is 0 Å². The fourth-order valence-corrected chi connectivity index (χ4v) is 2.57. The summed E-state index contributed by atoms with van der Waals surface area (Å²) in [5.74, 6) is 1.81. The van der Waals surface area contributed by atoms with Crippen molar-refractivity contribution < 1.29 is 0 Å². The van der Waals surface area contributed by atoms with Gasteiger partial charge in [-0.1, -0.05) is 44.8 Å². The summed E-state index contributed by atoms with van der Waals surface area (Å²) in [6.07, 6.45) is 8.49. The van der Waals surface area contributed by atoms with E-state index in [9.17, 15) is 0 Å². The molecule has 1 saturated carbocycles. The van der Waals surface area contributed by atoms with Gasteiger partial charge in [-0.15, -0.1) is 0 Å². The van der Waals surface area contributed by atoms with Gasteiger partial charge in [0.1, 0.15) is 0 Å². The molecule has 0 aromatic rings. The molecular weight excluding hydrogens is 144 g/mol. The van der Waals surface area contributed by atoms with Crippen molar-refractivity contribution >= 4 is 0 Å². The van der Waals surface area contributed by atoms with Gasteiger partial charge in [-0.2, -0.15) is 0 Å². The zero-order chi connectivity index (χ0) is 8.97. The van der Waals surface area contributed by atoms with Gasteiger partial charge in [0, 0.05) is 0 Å². The van der Waals surface area contributed by atoms with E-state index in [1.165, 1.54) is 44.1 Å². The maximum atomic E-state index is 4.11. The van der Waals surface area contributed by atoms with Crippen LogP contribution in [0, 0.1) is 11.8 Å². The lowest BCUT2D eigenvalue weighted by molar-refractivity contribution is 0.255. The minimum absolute atomic E-state index is 0.846. The van der Waals surface area contributed by atoms with E-state index >= 15 is 0 Å². The molecule has 0 nitrogen and oxygen atoms in total.